The third kappa shape index (κ3) is 7.37. The number of carbonyl (C=O) groups excluding carboxylic acids is 5. The highest BCUT2D eigenvalue weighted by Gasteiger charge is 2.45. The number of anilines is 1. The Morgan fingerprint density at radius 3 is 2.42 bits per heavy atom. The van der Waals surface area contributed by atoms with Crippen molar-refractivity contribution in [3.05, 3.63) is 79.9 Å². The first-order valence-corrected chi connectivity index (χ1v) is 18.3. The summed E-state index contributed by atoms with van der Waals surface area (Å²) in [4.78, 5) is 68.8. The largest absolute Gasteiger partial charge is 0.490 e. The minimum atomic E-state index is -1.02. The summed E-state index contributed by atoms with van der Waals surface area (Å²) in [6.07, 6.45) is 3.21. The Kier molecular flexibility index (Phi) is 10.2. The molecule has 3 aromatic rings. The summed E-state index contributed by atoms with van der Waals surface area (Å²) in [6, 6.07) is 13.1. The van der Waals surface area contributed by atoms with Crippen LogP contribution in [0.3, 0.4) is 0 Å². The molecular formula is C36H34BrClN8O6. The van der Waals surface area contributed by atoms with E-state index in [1.807, 2.05) is 12.1 Å². The Balaban J connectivity index is 0.881. The third-order valence-corrected chi connectivity index (χ3v) is 10.9. The molecule has 1 aromatic heterocycles. The number of halogens is 2. The maximum Gasteiger partial charge on any atom is 0.272 e. The van der Waals surface area contributed by atoms with E-state index in [-0.39, 0.29) is 47.7 Å². The van der Waals surface area contributed by atoms with Gasteiger partial charge >= 0.3 is 0 Å². The molecule has 14 nitrogen and oxygen atoms in total. The minimum absolute atomic E-state index is 0.000304. The van der Waals surface area contributed by atoms with Crippen LogP contribution in [0.1, 0.15) is 80.9 Å². The van der Waals surface area contributed by atoms with Crippen molar-refractivity contribution in [1.82, 2.24) is 30.6 Å². The van der Waals surface area contributed by atoms with Gasteiger partial charge in [0.05, 0.1) is 27.8 Å². The summed E-state index contributed by atoms with van der Waals surface area (Å²) in [7, 11) is 0. The Morgan fingerprint density at radius 2 is 1.75 bits per heavy atom. The van der Waals surface area contributed by atoms with Crippen LogP contribution in [0.25, 0.3) is 0 Å². The molecule has 1 saturated carbocycles. The maximum absolute atomic E-state index is 13.3. The highest BCUT2D eigenvalue weighted by Crippen LogP contribution is 2.34. The van der Waals surface area contributed by atoms with E-state index in [0.717, 1.165) is 36.1 Å². The Bertz CT molecular complexity index is 1990. The van der Waals surface area contributed by atoms with Crippen molar-refractivity contribution < 1.29 is 28.7 Å². The van der Waals surface area contributed by atoms with Crippen LogP contribution in [0.4, 0.5) is 5.82 Å². The van der Waals surface area contributed by atoms with Gasteiger partial charge in [-0.1, -0.05) is 11.6 Å². The van der Waals surface area contributed by atoms with Crippen LogP contribution in [0.15, 0.2) is 46.9 Å². The molecule has 3 aliphatic heterocycles. The van der Waals surface area contributed by atoms with Gasteiger partial charge in [0.15, 0.2) is 11.5 Å². The number of carbonyl (C=O) groups is 5. The van der Waals surface area contributed by atoms with Crippen molar-refractivity contribution in [3.63, 3.8) is 0 Å². The molecule has 1 atom stereocenters. The lowest BCUT2D eigenvalue weighted by molar-refractivity contribution is -0.136. The second-order valence-electron chi connectivity index (χ2n) is 13.3. The first-order chi connectivity index (χ1) is 25.1. The van der Waals surface area contributed by atoms with Crippen LogP contribution in [-0.2, 0) is 16.1 Å². The van der Waals surface area contributed by atoms with E-state index in [2.05, 4.69) is 46.6 Å². The van der Waals surface area contributed by atoms with Crippen LogP contribution in [0.2, 0.25) is 5.02 Å². The quantitative estimate of drug-likeness (QED) is 0.319. The van der Waals surface area contributed by atoms with Gasteiger partial charge in [0, 0.05) is 55.7 Å². The number of amides is 5. The maximum atomic E-state index is 13.3. The van der Waals surface area contributed by atoms with Crippen LogP contribution in [0, 0.1) is 11.3 Å². The molecule has 7 rings (SSSR count). The van der Waals surface area contributed by atoms with Gasteiger partial charge in [0.2, 0.25) is 11.8 Å². The first-order valence-electron chi connectivity index (χ1n) is 17.1. The summed E-state index contributed by atoms with van der Waals surface area (Å²) < 4.78 is 6.54. The van der Waals surface area contributed by atoms with Crippen LogP contribution in [0.5, 0.6) is 5.75 Å². The summed E-state index contributed by atoms with van der Waals surface area (Å²) in [6.45, 7) is 3.30. The zero-order chi connectivity index (χ0) is 36.5. The number of nitrogens with one attached hydrogen (secondary N) is 2. The van der Waals surface area contributed by atoms with Gasteiger partial charge in [-0.25, -0.2) is 0 Å². The van der Waals surface area contributed by atoms with Crippen molar-refractivity contribution in [3.8, 4) is 11.8 Å². The molecule has 52 heavy (non-hydrogen) atoms. The molecule has 16 heteroatoms. The standard InChI is InChI=1S/C36H34BrClN8O6/c37-26-16-20(15-25-32(26)36(51)46(35(25)50)29-8-10-31(47)41-34(29)49)19-44-11-13-45(14-12-44)30-9-7-28(42-43-30)33(48)40-22-2-5-23(6-3-22)52-24-4-1-21(18-39)27(38)17-24/h1,4,7,9,15-17,22-23,29H,2-3,5-6,8,10-14,19H2,(H,40,48)(H,41,47,49)/t22-,23-,29?. The highest BCUT2D eigenvalue weighted by atomic mass is 79.9. The van der Waals surface area contributed by atoms with Crippen molar-refractivity contribution in [1.29, 1.82) is 5.26 Å². The van der Waals surface area contributed by atoms with Gasteiger partial charge in [-0.05, 0) is 90.0 Å². The number of aromatic nitrogens is 2. The number of fused-ring (bicyclic) bond motifs is 1. The molecule has 2 saturated heterocycles. The Hall–Kier alpha value is -4.91. The van der Waals surface area contributed by atoms with E-state index in [4.69, 9.17) is 21.6 Å². The second kappa shape index (κ2) is 15.0. The lowest BCUT2D eigenvalue weighted by atomic mass is 9.93. The fourth-order valence-corrected chi connectivity index (χ4v) is 8.03. The van der Waals surface area contributed by atoms with Crippen LogP contribution in [-0.4, -0.2) is 93.9 Å². The molecule has 4 aliphatic rings. The fourth-order valence-electron chi connectivity index (χ4n) is 7.14. The molecule has 0 radical (unpaired) electrons. The number of nitriles is 1. The summed E-state index contributed by atoms with van der Waals surface area (Å²) in [5, 5.41) is 23.3. The lowest BCUT2D eigenvalue weighted by Crippen LogP contribution is -2.54. The number of hydrogen-bond acceptors (Lipinski definition) is 11. The average Bonchev–Trinajstić information content (AvgIpc) is 3.38. The molecule has 5 amide bonds. The zero-order valence-corrected chi connectivity index (χ0v) is 30.3. The van der Waals surface area contributed by atoms with E-state index >= 15 is 0 Å². The Labute approximate surface area is 312 Å². The number of nitrogens with zero attached hydrogens (tertiary/aromatic N) is 6. The molecule has 268 valence electrons. The zero-order valence-electron chi connectivity index (χ0n) is 27.9. The van der Waals surface area contributed by atoms with Crippen LogP contribution < -0.4 is 20.3 Å². The molecule has 2 aromatic carbocycles. The topological polar surface area (TPSA) is 178 Å². The molecular weight excluding hydrogens is 756 g/mol. The molecule has 3 fully saturated rings. The Morgan fingerprint density at radius 1 is 0.981 bits per heavy atom. The molecule has 2 N–H and O–H groups in total. The lowest BCUT2D eigenvalue weighted by Gasteiger charge is -2.35. The number of piperidine rings is 1. The van der Waals surface area contributed by atoms with Gasteiger partial charge in [-0.2, -0.15) is 5.26 Å². The van der Waals surface area contributed by atoms with Crippen LogP contribution >= 0.6 is 27.5 Å². The van der Waals surface area contributed by atoms with Gasteiger partial charge in [-0.15, -0.1) is 10.2 Å². The molecule has 0 bridgehead atoms. The molecule has 0 spiro atoms. The monoisotopic (exact) mass is 788 g/mol. The second-order valence-corrected chi connectivity index (χ2v) is 14.6. The third-order valence-electron chi connectivity index (χ3n) is 9.91. The van der Waals surface area contributed by atoms with E-state index in [0.29, 0.717) is 59.3 Å². The van der Waals surface area contributed by atoms with Crippen molar-refractivity contribution in [2.75, 3.05) is 31.1 Å². The first kappa shape index (κ1) is 35.5. The highest BCUT2D eigenvalue weighted by molar-refractivity contribution is 9.10. The summed E-state index contributed by atoms with van der Waals surface area (Å²) in [5.41, 5.74) is 1.96. The van der Waals surface area contributed by atoms with Crippen molar-refractivity contribution in [2.24, 2.45) is 0 Å². The SMILES string of the molecule is N#Cc1ccc(O[C@H]2CC[C@H](NC(=O)c3ccc(N4CCN(Cc5cc(Br)c6c(c5)C(=O)N(C5CCC(=O)NC5=O)C6=O)CC4)nn3)CC2)cc1Cl. The van der Waals surface area contributed by atoms with Gasteiger partial charge < -0.3 is 15.0 Å². The van der Waals surface area contributed by atoms with E-state index < -0.39 is 29.7 Å². The fraction of sp³-hybridized carbons (Fsp3) is 0.389. The van der Waals surface area contributed by atoms with Gasteiger partial charge in [0.1, 0.15) is 17.9 Å². The van der Waals surface area contributed by atoms with Gasteiger partial charge in [-0.3, -0.25) is 39.1 Å². The van der Waals surface area contributed by atoms with Crippen molar-refractivity contribution in [2.45, 2.75) is 63.3 Å². The molecule has 4 heterocycles. The van der Waals surface area contributed by atoms with Gasteiger partial charge in [0.25, 0.3) is 17.7 Å². The number of piperazine rings is 1. The number of rotatable bonds is 8. The summed E-state index contributed by atoms with van der Waals surface area (Å²) in [5.74, 6) is -1.12. The number of ether oxygens (including phenoxy) is 1. The van der Waals surface area contributed by atoms with E-state index in [1.165, 1.54) is 0 Å². The smallest absolute Gasteiger partial charge is 0.272 e. The van der Waals surface area contributed by atoms with E-state index in [9.17, 15) is 24.0 Å². The molecule has 1 unspecified atom stereocenters. The number of hydrogen-bond donors (Lipinski definition) is 2. The van der Waals surface area contributed by atoms with E-state index in [1.54, 1.807) is 36.4 Å². The average molecular weight is 790 g/mol. The predicted molar refractivity (Wildman–Crippen MR) is 191 cm³/mol. The summed E-state index contributed by atoms with van der Waals surface area (Å²) >= 11 is 9.60. The predicted octanol–water partition coefficient (Wildman–Crippen LogP) is 3.61. The van der Waals surface area contributed by atoms with Crippen molar-refractivity contribution >= 4 is 62.9 Å². The normalized spacial score (nSPS) is 22.1. The molecule has 1 aliphatic carbocycles. The number of benzene rings is 2. The number of imide groups is 2. The minimum Gasteiger partial charge on any atom is -0.490 e.